The zero-order valence-electron chi connectivity index (χ0n) is 16.5. The molecule has 0 heterocycles. The average molecular weight is 407 g/mol. The molecule has 1 amide bonds. The Hall–Kier alpha value is -3.16. The highest BCUT2D eigenvalue weighted by Crippen LogP contribution is 2.29. The van der Waals surface area contributed by atoms with Gasteiger partial charge in [-0.3, -0.25) is 4.79 Å². The predicted octanol–water partition coefficient (Wildman–Crippen LogP) is 4.34. The van der Waals surface area contributed by atoms with Gasteiger partial charge >= 0.3 is 5.97 Å². The average Bonchev–Trinajstić information content (AvgIpc) is 2.69. The fourth-order valence-corrected chi connectivity index (χ4v) is 2.34. The summed E-state index contributed by atoms with van der Waals surface area (Å²) in [7, 11) is 0. The van der Waals surface area contributed by atoms with E-state index in [2.05, 4.69) is 5.32 Å². The van der Waals surface area contributed by atoms with Crippen LogP contribution < -0.4 is 14.8 Å². The Bertz CT molecular complexity index is 872. The van der Waals surface area contributed by atoms with Crippen LogP contribution in [0.15, 0.2) is 36.4 Å². The molecule has 2 aromatic rings. The van der Waals surface area contributed by atoms with Crippen molar-refractivity contribution in [3.63, 3.8) is 0 Å². The van der Waals surface area contributed by atoms with E-state index in [1.54, 1.807) is 13.0 Å². The molecule has 1 atom stereocenters. The van der Waals surface area contributed by atoms with E-state index in [0.717, 1.165) is 18.6 Å². The second-order valence-corrected chi connectivity index (χ2v) is 6.10. The molecule has 0 bridgehead atoms. The second-order valence-electron chi connectivity index (χ2n) is 6.10. The number of hydrogen-bond donors (Lipinski definition) is 1. The molecule has 6 nitrogen and oxygen atoms in total. The molecular formula is C21H23F2NO5. The fourth-order valence-electron chi connectivity index (χ4n) is 2.34. The maximum absolute atomic E-state index is 13.7. The van der Waals surface area contributed by atoms with E-state index in [-0.39, 0.29) is 11.3 Å². The van der Waals surface area contributed by atoms with E-state index in [1.807, 2.05) is 6.92 Å². The molecule has 0 fully saturated rings. The third-order valence-corrected chi connectivity index (χ3v) is 3.78. The molecule has 0 aliphatic carbocycles. The third-order valence-electron chi connectivity index (χ3n) is 3.78. The van der Waals surface area contributed by atoms with Gasteiger partial charge in [0, 0.05) is 6.07 Å². The third kappa shape index (κ3) is 6.17. The summed E-state index contributed by atoms with van der Waals surface area (Å²) in [5.74, 6) is -2.31. The number of halogens is 2. The summed E-state index contributed by atoms with van der Waals surface area (Å²) in [5.41, 5.74) is -0.0414. The molecule has 0 spiro atoms. The summed E-state index contributed by atoms with van der Waals surface area (Å²) in [4.78, 5) is 24.5. The van der Waals surface area contributed by atoms with Crippen LogP contribution in [0.25, 0.3) is 0 Å². The van der Waals surface area contributed by atoms with Crippen LogP contribution in [-0.2, 0) is 9.53 Å². The van der Waals surface area contributed by atoms with Gasteiger partial charge in [0.1, 0.15) is 11.6 Å². The second kappa shape index (κ2) is 10.4. The van der Waals surface area contributed by atoms with Crippen LogP contribution in [0, 0.1) is 11.6 Å². The standard InChI is InChI=1S/C21H23F2NO5/c1-4-10-28-18-9-6-14(11-19(18)27-5-2)21(26)29-13(3)20(25)24-17-8-7-15(22)12-16(17)23/h6-9,11-13H,4-5,10H2,1-3H3,(H,24,25)/t13-/m1/s1. The lowest BCUT2D eigenvalue weighted by atomic mass is 10.2. The lowest BCUT2D eigenvalue weighted by Gasteiger charge is -2.15. The summed E-state index contributed by atoms with van der Waals surface area (Å²) >= 11 is 0. The molecule has 0 radical (unpaired) electrons. The van der Waals surface area contributed by atoms with Crippen molar-refractivity contribution in [1.29, 1.82) is 0 Å². The molecule has 0 aromatic heterocycles. The summed E-state index contributed by atoms with van der Waals surface area (Å²) in [6.45, 7) is 5.99. The first-order chi connectivity index (χ1) is 13.8. The van der Waals surface area contributed by atoms with E-state index in [0.29, 0.717) is 30.8 Å². The quantitative estimate of drug-likeness (QED) is 0.626. The first kappa shape index (κ1) is 22.1. The number of ether oxygens (including phenoxy) is 3. The molecule has 156 valence electrons. The molecule has 0 aliphatic rings. The first-order valence-corrected chi connectivity index (χ1v) is 9.22. The number of hydrogen-bond acceptors (Lipinski definition) is 5. The van der Waals surface area contributed by atoms with Crippen LogP contribution in [0.5, 0.6) is 11.5 Å². The van der Waals surface area contributed by atoms with Gasteiger partial charge < -0.3 is 19.5 Å². The minimum absolute atomic E-state index is 0.171. The van der Waals surface area contributed by atoms with Crippen LogP contribution in [0.3, 0.4) is 0 Å². The van der Waals surface area contributed by atoms with Crippen molar-refractivity contribution < 1.29 is 32.6 Å². The molecule has 2 aromatic carbocycles. The maximum atomic E-state index is 13.7. The number of carbonyl (C=O) groups excluding carboxylic acids is 2. The number of esters is 1. The molecule has 29 heavy (non-hydrogen) atoms. The molecule has 0 saturated carbocycles. The van der Waals surface area contributed by atoms with Gasteiger partial charge in [0.15, 0.2) is 17.6 Å². The Balaban J connectivity index is 2.05. The van der Waals surface area contributed by atoms with Crippen molar-refractivity contribution in [2.45, 2.75) is 33.3 Å². The lowest BCUT2D eigenvalue weighted by molar-refractivity contribution is -0.123. The Morgan fingerprint density at radius 2 is 1.79 bits per heavy atom. The summed E-state index contributed by atoms with van der Waals surface area (Å²) in [6, 6.07) is 7.30. The minimum Gasteiger partial charge on any atom is -0.490 e. The Kier molecular flexibility index (Phi) is 7.94. The normalized spacial score (nSPS) is 11.5. The number of carbonyl (C=O) groups is 2. The number of rotatable bonds is 9. The lowest BCUT2D eigenvalue weighted by Crippen LogP contribution is -2.30. The topological polar surface area (TPSA) is 73.9 Å². The van der Waals surface area contributed by atoms with Crippen molar-refractivity contribution >= 4 is 17.6 Å². The number of amides is 1. The molecule has 0 unspecified atom stereocenters. The zero-order valence-corrected chi connectivity index (χ0v) is 16.5. The smallest absolute Gasteiger partial charge is 0.339 e. The first-order valence-electron chi connectivity index (χ1n) is 9.22. The molecule has 1 N–H and O–H groups in total. The molecule has 0 saturated heterocycles. The summed E-state index contributed by atoms with van der Waals surface area (Å²) < 4.78 is 42.8. The van der Waals surface area contributed by atoms with Gasteiger partial charge in [0.25, 0.3) is 5.91 Å². The van der Waals surface area contributed by atoms with E-state index in [4.69, 9.17) is 14.2 Å². The van der Waals surface area contributed by atoms with Gasteiger partial charge in [0.2, 0.25) is 0 Å². The van der Waals surface area contributed by atoms with E-state index >= 15 is 0 Å². The Labute approximate surface area is 167 Å². The number of nitrogens with one attached hydrogen (secondary N) is 1. The highest BCUT2D eigenvalue weighted by Gasteiger charge is 2.21. The highest BCUT2D eigenvalue weighted by molar-refractivity contribution is 5.97. The molecule has 2 rings (SSSR count). The van der Waals surface area contributed by atoms with E-state index < -0.39 is 29.6 Å². The predicted molar refractivity (Wildman–Crippen MR) is 103 cm³/mol. The molecule has 8 heteroatoms. The monoisotopic (exact) mass is 407 g/mol. The largest absolute Gasteiger partial charge is 0.490 e. The van der Waals surface area contributed by atoms with Gasteiger partial charge in [-0.1, -0.05) is 6.92 Å². The summed E-state index contributed by atoms with van der Waals surface area (Å²) in [6.07, 6.45) is -0.394. The Morgan fingerprint density at radius 3 is 2.45 bits per heavy atom. The number of anilines is 1. The maximum Gasteiger partial charge on any atom is 0.339 e. The van der Waals surface area contributed by atoms with Gasteiger partial charge in [-0.05, 0) is 50.6 Å². The van der Waals surface area contributed by atoms with Crippen LogP contribution in [0.4, 0.5) is 14.5 Å². The van der Waals surface area contributed by atoms with Gasteiger partial charge in [-0.15, -0.1) is 0 Å². The summed E-state index contributed by atoms with van der Waals surface area (Å²) in [5, 5.41) is 2.26. The highest BCUT2D eigenvalue weighted by atomic mass is 19.1. The zero-order chi connectivity index (χ0) is 21.4. The van der Waals surface area contributed by atoms with Gasteiger partial charge in [0.05, 0.1) is 24.5 Å². The molecular weight excluding hydrogens is 384 g/mol. The Morgan fingerprint density at radius 1 is 1.03 bits per heavy atom. The van der Waals surface area contributed by atoms with Crippen molar-refractivity contribution in [3.05, 3.63) is 53.6 Å². The van der Waals surface area contributed by atoms with Crippen LogP contribution >= 0.6 is 0 Å². The van der Waals surface area contributed by atoms with E-state index in [1.165, 1.54) is 19.1 Å². The van der Waals surface area contributed by atoms with Gasteiger partial charge in [-0.2, -0.15) is 0 Å². The van der Waals surface area contributed by atoms with Gasteiger partial charge in [-0.25, -0.2) is 13.6 Å². The molecule has 0 aliphatic heterocycles. The van der Waals surface area contributed by atoms with Crippen molar-refractivity contribution in [2.24, 2.45) is 0 Å². The van der Waals surface area contributed by atoms with E-state index in [9.17, 15) is 18.4 Å². The number of benzene rings is 2. The SMILES string of the molecule is CCCOc1ccc(C(=O)O[C@H](C)C(=O)Nc2ccc(F)cc2F)cc1OCC. The van der Waals surface area contributed by atoms with Crippen molar-refractivity contribution in [3.8, 4) is 11.5 Å². The van der Waals surface area contributed by atoms with Crippen molar-refractivity contribution in [1.82, 2.24) is 0 Å². The fraction of sp³-hybridized carbons (Fsp3) is 0.333. The van der Waals surface area contributed by atoms with Crippen LogP contribution in [-0.4, -0.2) is 31.2 Å². The minimum atomic E-state index is -1.21. The van der Waals surface area contributed by atoms with Crippen LogP contribution in [0.1, 0.15) is 37.6 Å². The van der Waals surface area contributed by atoms with Crippen LogP contribution in [0.2, 0.25) is 0 Å². The van der Waals surface area contributed by atoms with Crippen molar-refractivity contribution in [2.75, 3.05) is 18.5 Å².